The first-order chi connectivity index (χ1) is 10.5. The number of likely N-dealkylation sites (tertiary alicyclic amines) is 1. The van der Waals surface area contributed by atoms with Crippen molar-refractivity contribution in [2.24, 2.45) is 5.41 Å². The predicted octanol–water partition coefficient (Wildman–Crippen LogP) is 4.25. The van der Waals surface area contributed by atoms with E-state index in [0.29, 0.717) is 15.6 Å². The van der Waals surface area contributed by atoms with E-state index in [1.807, 2.05) is 4.90 Å². The number of rotatable bonds is 1. The fourth-order valence-corrected chi connectivity index (χ4v) is 4.33. The molecule has 2 aliphatic heterocycles. The molecule has 2 saturated heterocycles. The maximum absolute atomic E-state index is 12.9. The highest BCUT2D eigenvalue weighted by atomic mass is 35.5. The van der Waals surface area contributed by atoms with Crippen LogP contribution in [-0.2, 0) is 0 Å². The summed E-state index contributed by atoms with van der Waals surface area (Å²) < 4.78 is 0. The maximum atomic E-state index is 12.9. The molecule has 3 nitrogen and oxygen atoms in total. The lowest BCUT2D eigenvalue weighted by atomic mass is 9.74. The molecule has 1 amide bonds. The van der Waals surface area contributed by atoms with Crippen LogP contribution in [0.4, 0.5) is 0 Å². The molecule has 22 heavy (non-hydrogen) atoms. The van der Waals surface area contributed by atoms with Gasteiger partial charge in [-0.15, -0.1) is 0 Å². The van der Waals surface area contributed by atoms with Crippen LogP contribution in [-0.4, -0.2) is 37.0 Å². The monoisotopic (exact) mass is 360 g/mol. The van der Waals surface area contributed by atoms with Crippen molar-refractivity contribution < 1.29 is 4.79 Å². The topological polar surface area (TPSA) is 32.3 Å². The quantitative estimate of drug-likeness (QED) is 0.758. The summed E-state index contributed by atoms with van der Waals surface area (Å²) in [6.45, 7) is 3.56. The molecular weight excluding hydrogens is 343 g/mol. The zero-order valence-corrected chi connectivity index (χ0v) is 14.6. The summed E-state index contributed by atoms with van der Waals surface area (Å²) in [7, 11) is 0. The first-order valence-corrected chi connectivity index (χ1v) is 8.79. The van der Waals surface area contributed by atoms with E-state index in [1.165, 1.54) is 19.3 Å². The molecule has 120 valence electrons. The Labute approximate surface area is 145 Å². The van der Waals surface area contributed by atoms with E-state index in [0.717, 1.165) is 32.6 Å². The second kappa shape index (κ2) is 6.56. The molecule has 0 aromatic heterocycles. The van der Waals surface area contributed by atoms with Crippen molar-refractivity contribution in [1.29, 1.82) is 0 Å². The van der Waals surface area contributed by atoms with Gasteiger partial charge in [-0.05, 0) is 44.4 Å². The number of amides is 1. The second-order valence-corrected chi connectivity index (χ2v) is 7.52. The first-order valence-electron chi connectivity index (χ1n) is 7.66. The van der Waals surface area contributed by atoms with Gasteiger partial charge in [-0.25, -0.2) is 0 Å². The Morgan fingerprint density at radius 1 is 1.14 bits per heavy atom. The van der Waals surface area contributed by atoms with Gasteiger partial charge in [0.2, 0.25) is 0 Å². The lowest BCUT2D eigenvalue weighted by molar-refractivity contribution is 0.0434. The molecule has 1 spiro atoms. The smallest absolute Gasteiger partial charge is 0.256 e. The SMILES string of the molecule is O=C(c1c(Cl)ccc(Cl)c1Cl)N1CCCC2(CCCNC2)C1. The number of nitrogens with one attached hydrogen (secondary N) is 1. The van der Waals surface area contributed by atoms with Crippen LogP contribution in [0.5, 0.6) is 0 Å². The van der Waals surface area contributed by atoms with Crippen molar-refractivity contribution in [3.63, 3.8) is 0 Å². The van der Waals surface area contributed by atoms with Crippen LogP contribution in [0.3, 0.4) is 0 Å². The Balaban J connectivity index is 1.85. The summed E-state index contributed by atoms with van der Waals surface area (Å²) in [5.41, 5.74) is 0.528. The molecule has 2 fully saturated rings. The average Bonchev–Trinajstić information content (AvgIpc) is 2.52. The molecule has 3 rings (SSSR count). The van der Waals surface area contributed by atoms with Crippen LogP contribution in [0, 0.1) is 5.41 Å². The number of halogens is 3. The van der Waals surface area contributed by atoms with E-state index in [1.54, 1.807) is 12.1 Å². The second-order valence-electron chi connectivity index (χ2n) is 6.33. The standard InChI is InChI=1S/C16H19Cl3N2O/c17-11-3-4-12(18)14(19)13(11)15(22)21-8-2-6-16(10-21)5-1-7-20-9-16/h3-4,20H,1-2,5-10H2. The minimum absolute atomic E-state index is 0.109. The molecule has 1 N–H and O–H groups in total. The Hall–Kier alpha value is -0.480. The van der Waals surface area contributed by atoms with Gasteiger partial charge in [0.05, 0.1) is 20.6 Å². The van der Waals surface area contributed by atoms with Crippen molar-refractivity contribution in [3.8, 4) is 0 Å². The van der Waals surface area contributed by atoms with Gasteiger partial charge in [-0.2, -0.15) is 0 Å². The Kier molecular flexibility index (Phi) is 4.89. The average molecular weight is 362 g/mol. The number of benzene rings is 1. The van der Waals surface area contributed by atoms with Crippen LogP contribution in [0.1, 0.15) is 36.0 Å². The van der Waals surface area contributed by atoms with Crippen LogP contribution < -0.4 is 5.32 Å². The fraction of sp³-hybridized carbons (Fsp3) is 0.562. The molecule has 1 atom stereocenters. The van der Waals surface area contributed by atoms with Crippen molar-refractivity contribution in [2.75, 3.05) is 26.2 Å². The summed E-state index contributed by atoms with van der Waals surface area (Å²) in [6.07, 6.45) is 4.52. The predicted molar refractivity (Wildman–Crippen MR) is 91.1 cm³/mol. The molecule has 0 radical (unpaired) electrons. The summed E-state index contributed by atoms with van der Waals surface area (Å²) in [6, 6.07) is 3.25. The van der Waals surface area contributed by atoms with Gasteiger partial charge in [-0.3, -0.25) is 4.79 Å². The van der Waals surface area contributed by atoms with Gasteiger partial charge in [0.1, 0.15) is 0 Å². The minimum Gasteiger partial charge on any atom is -0.338 e. The summed E-state index contributed by atoms with van der Waals surface area (Å²) in [4.78, 5) is 14.8. The lowest BCUT2D eigenvalue weighted by Gasteiger charge is -2.45. The zero-order valence-electron chi connectivity index (χ0n) is 12.3. The molecule has 1 aromatic rings. The summed E-state index contributed by atoms with van der Waals surface area (Å²) >= 11 is 18.4. The lowest BCUT2D eigenvalue weighted by Crippen LogP contribution is -2.52. The van der Waals surface area contributed by atoms with E-state index >= 15 is 0 Å². The summed E-state index contributed by atoms with van der Waals surface area (Å²) in [5, 5.41) is 4.44. The zero-order chi connectivity index (χ0) is 15.7. The number of piperidine rings is 2. The molecule has 1 aromatic carbocycles. The fourth-order valence-electron chi connectivity index (χ4n) is 3.64. The van der Waals surface area contributed by atoms with Gasteiger partial charge in [-0.1, -0.05) is 34.8 Å². The van der Waals surface area contributed by atoms with Crippen LogP contribution in [0.15, 0.2) is 12.1 Å². The van der Waals surface area contributed by atoms with E-state index in [-0.39, 0.29) is 16.3 Å². The highest BCUT2D eigenvalue weighted by Gasteiger charge is 2.38. The number of carbonyl (C=O) groups is 1. The van der Waals surface area contributed by atoms with Gasteiger partial charge in [0.15, 0.2) is 0 Å². The Morgan fingerprint density at radius 2 is 1.86 bits per heavy atom. The molecule has 1 unspecified atom stereocenters. The Bertz CT molecular complexity index is 579. The van der Waals surface area contributed by atoms with E-state index in [2.05, 4.69) is 5.32 Å². The highest BCUT2D eigenvalue weighted by molar-refractivity contribution is 6.46. The Morgan fingerprint density at radius 3 is 2.59 bits per heavy atom. The van der Waals surface area contributed by atoms with Crippen molar-refractivity contribution in [2.45, 2.75) is 25.7 Å². The maximum Gasteiger partial charge on any atom is 0.256 e. The number of nitrogens with zero attached hydrogens (tertiary/aromatic N) is 1. The minimum atomic E-state index is -0.109. The normalized spacial score (nSPS) is 25.5. The number of hydrogen-bond acceptors (Lipinski definition) is 2. The number of hydrogen-bond donors (Lipinski definition) is 1. The third-order valence-corrected chi connectivity index (χ3v) is 5.89. The highest BCUT2D eigenvalue weighted by Crippen LogP contribution is 2.38. The molecule has 2 aliphatic rings. The first kappa shape index (κ1) is 16.4. The van der Waals surface area contributed by atoms with E-state index in [9.17, 15) is 4.79 Å². The van der Waals surface area contributed by atoms with Crippen molar-refractivity contribution >= 4 is 40.7 Å². The third kappa shape index (κ3) is 3.09. The number of carbonyl (C=O) groups excluding carboxylic acids is 1. The van der Waals surface area contributed by atoms with Crippen molar-refractivity contribution in [3.05, 3.63) is 32.8 Å². The van der Waals surface area contributed by atoms with Crippen molar-refractivity contribution in [1.82, 2.24) is 10.2 Å². The van der Waals surface area contributed by atoms with Crippen LogP contribution in [0.25, 0.3) is 0 Å². The van der Waals surface area contributed by atoms with Gasteiger partial charge in [0, 0.05) is 25.0 Å². The van der Waals surface area contributed by atoms with Gasteiger partial charge in [0.25, 0.3) is 5.91 Å². The largest absolute Gasteiger partial charge is 0.338 e. The van der Waals surface area contributed by atoms with E-state index in [4.69, 9.17) is 34.8 Å². The molecule has 0 bridgehead atoms. The molecular formula is C16H19Cl3N2O. The van der Waals surface area contributed by atoms with Gasteiger partial charge >= 0.3 is 0 Å². The summed E-state index contributed by atoms with van der Waals surface area (Å²) in [5.74, 6) is -0.109. The van der Waals surface area contributed by atoms with E-state index < -0.39 is 0 Å². The molecule has 6 heteroatoms. The molecule has 2 heterocycles. The van der Waals surface area contributed by atoms with Crippen LogP contribution in [0.2, 0.25) is 15.1 Å². The third-order valence-electron chi connectivity index (χ3n) is 4.77. The van der Waals surface area contributed by atoms with Gasteiger partial charge < -0.3 is 10.2 Å². The molecule has 0 saturated carbocycles. The molecule has 0 aliphatic carbocycles. The van der Waals surface area contributed by atoms with Crippen LogP contribution >= 0.6 is 34.8 Å².